The minimum absolute atomic E-state index is 0.172. The van der Waals surface area contributed by atoms with Gasteiger partial charge in [-0.2, -0.15) is 13.2 Å². The number of imidazole rings is 1. The van der Waals surface area contributed by atoms with Gasteiger partial charge in [-0.25, -0.2) is 15.0 Å². The quantitative estimate of drug-likeness (QED) is 0.453. The normalized spacial score (nSPS) is 22.3. The molecule has 4 rings (SSSR count). The molecule has 192 valence electrons. The molecule has 2 N–H and O–H groups in total. The van der Waals surface area contributed by atoms with Crippen molar-refractivity contribution < 1.29 is 27.8 Å². The Bertz CT molecular complexity index is 1250. The van der Waals surface area contributed by atoms with Crippen LogP contribution in [0.2, 0.25) is 0 Å². The van der Waals surface area contributed by atoms with E-state index in [1.54, 1.807) is 36.1 Å². The molecule has 0 aliphatic heterocycles. The zero-order valence-corrected chi connectivity index (χ0v) is 20.3. The Labute approximate surface area is 206 Å². The van der Waals surface area contributed by atoms with Crippen molar-refractivity contribution >= 4 is 17.6 Å². The molecule has 0 saturated heterocycles. The molecule has 36 heavy (non-hydrogen) atoms. The van der Waals surface area contributed by atoms with E-state index in [0.29, 0.717) is 49.4 Å². The van der Waals surface area contributed by atoms with Gasteiger partial charge in [0, 0.05) is 23.8 Å². The van der Waals surface area contributed by atoms with Gasteiger partial charge in [0.1, 0.15) is 11.3 Å². The number of anilines is 2. The number of ether oxygens (including phenoxy) is 1. The van der Waals surface area contributed by atoms with Crippen molar-refractivity contribution in [3.63, 3.8) is 0 Å². The summed E-state index contributed by atoms with van der Waals surface area (Å²) in [7, 11) is 0. The van der Waals surface area contributed by atoms with E-state index >= 15 is 0 Å². The lowest BCUT2D eigenvalue weighted by Gasteiger charge is -2.39. The average molecular weight is 504 g/mol. The van der Waals surface area contributed by atoms with Gasteiger partial charge in [0.05, 0.1) is 24.0 Å². The van der Waals surface area contributed by atoms with Gasteiger partial charge in [-0.3, -0.25) is 4.79 Å². The third kappa shape index (κ3) is 5.35. The number of rotatable bonds is 6. The monoisotopic (exact) mass is 503 g/mol. The molecule has 1 aliphatic rings. The van der Waals surface area contributed by atoms with E-state index in [1.807, 2.05) is 19.9 Å². The zero-order valence-electron chi connectivity index (χ0n) is 20.3. The number of nitrogens with zero attached hydrogens (tertiary/aromatic N) is 4. The molecule has 3 aromatic rings. The Balaban J connectivity index is 1.53. The Morgan fingerprint density at radius 3 is 2.58 bits per heavy atom. The van der Waals surface area contributed by atoms with Gasteiger partial charge in [0.25, 0.3) is 0 Å². The largest absolute Gasteiger partial charge is 0.466 e. The fraction of sp³-hybridized carbons (Fsp3) is 0.440. The van der Waals surface area contributed by atoms with E-state index in [0.717, 1.165) is 17.8 Å². The van der Waals surface area contributed by atoms with Crippen LogP contribution in [0.15, 0.2) is 43.0 Å². The van der Waals surface area contributed by atoms with Crippen molar-refractivity contribution in [2.75, 3.05) is 11.9 Å². The molecule has 8 nitrogen and oxygen atoms in total. The van der Waals surface area contributed by atoms with Crippen molar-refractivity contribution in [2.45, 2.75) is 58.2 Å². The summed E-state index contributed by atoms with van der Waals surface area (Å²) in [5.41, 5.74) is -0.307. The minimum Gasteiger partial charge on any atom is -0.466 e. The van der Waals surface area contributed by atoms with Gasteiger partial charge in [-0.15, -0.1) is 0 Å². The lowest BCUT2D eigenvalue weighted by molar-refractivity contribution is -0.160. The standard InChI is InChI=1S/C25H28F3N5O3/c1-4-36-21(34)23(3)6-8-24(35,9-7-23)20-14-33(15-30-20)18-12-16(2)11-17(13-18)31-22-29-10-5-19(32-22)25(26,27)28/h5,10-15,35H,4,6-9H2,1-3H3,(H,29,31,32)/t23-,24+. The fourth-order valence-electron chi connectivity index (χ4n) is 4.38. The van der Waals surface area contributed by atoms with E-state index < -0.39 is 22.9 Å². The molecule has 2 heterocycles. The maximum Gasteiger partial charge on any atom is 0.433 e. The number of aliphatic hydroxyl groups is 1. The number of carbonyl (C=O) groups is 1. The first-order chi connectivity index (χ1) is 16.9. The summed E-state index contributed by atoms with van der Waals surface area (Å²) < 4.78 is 45.9. The number of hydrogen-bond acceptors (Lipinski definition) is 7. The van der Waals surface area contributed by atoms with Crippen molar-refractivity contribution in [1.82, 2.24) is 19.5 Å². The molecule has 0 radical (unpaired) electrons. The molecule has 1 aromatic carbocycles. The highest BCUT2D eigenvalue weighted by molar-refractivity contribution is 5.76. The van der Waals surface area contributed by atoms with Gasteiger partial charge in [-0.05, 0) is 76.3 Å². The van der Waals surface area contributed by atoms with Crippen LogP contribution in [0.3, 0.4) is 0 Å². The molecular weight excluding hydrogens is 475 g/mol. The highest BCUT2D eigenvalue weighted by atomic mass is 19.4. The summed E-state index contributed by atoms with van der Waals surface area (Å²) in [5.74, 6) is -0.420. The van der Waals surface area contributed by atoms with Crippen LogP contribution in [0.4, 0.5) is 24.8 Å². The van der Waals surface area contributed by atoms with Crippen LogP contribution in [-0.2, 0) is 21.3 Å². The Hall–Kier alpha value is -3.47. The first-order valence-corrected chi connectivity index (χ1v) is 11.7. The van der Waals surface area contributed by atoms with E-state index in [2.05, 4.69) is 20.3 Å². The van der Waals surface area contributed by atoms with Gasteiger partial charge >= 0.3 is 12.1 Å². The number of esters is 1. The lowest BCUT2D eigenvalue weighted by atomic mass is 9.69. The van der Waals surface area contributed by atoms with Crippen LogP contribution in [0.5, 0.6) is 0 Å². The first kappa shape index (κ1) is 25.6. The molecule has 0 unspecified atom stereocenters. The SMILES string of the molecule is CCOC(=O)[C@]1(C)CC[C@@](O)(c2cn(-c3cc(C)cc(Nc4nccc(C(F)(F)F)n4)c3)cn2)CC1. The van der Waals surface area contributed by atoms with Crippen LogP contribution in [0, 0.1) is 12.3 Å². The van der Waals surface area contributed by atoms with Gasteiger partial charge in [0.15, 0.2) is 0 Å². The number of halogens is 3. The molecule has 0 spiro atoms. The molecular formula is C25H28F3N5O3. The summed E-state index contributed by atoms with van der Waals surface area (Å²) in [6, 6.07) is 6.18. The van der Waals surface area contributed by atoms with Crippen molar-refractivity contribution in [1.29, 1.82) is 0 Å². The Kier molecular flexibility index (Phi) is 6.78. The molecule has 1 saturated carbocycles. The topological polar surface area (TPSA) is 102 Å². The highest BCUT2D eigenvalue weighted by Gasteiger charge is 2.46. The number of benzene rings is 1. The lowest BCUT2D eigenvalue weighted by Crippen LogP contribution is -2.40. The molecule has 1 fully saturated rings. The summed E-state index contributed by atoms with van der Waals surface area (Å²) in [6.07, 6.45) is 1.47. The smallest absolute Gasteiger partial charge is 0.433 e. The Morgan fingerprint density at radius 2 is 1.92 bits per heavy atom. The molecule has 11 heteroatoms. The summed E-state index contributed by atoms with van der Waals surface area (Å²) in [6.45, 7) is 5.80. The molecule has 1 aliphatic carbocycles. The van der Waals surface area contributed by atoms with E-state index in [9.17, 15) is 23.1 Å². The molecule has 0 amide bonds. The predicted octanol–water partition coefficient (Wildman–Crippen LogP) is 5.06. The van der Waals surface area contributed by atoms with Crippen LogP contribution in [0.25, 0.3) is 5.69 Å². The molecule has 2 aromatic heterocycles. The van der Waals surface area contributed by atoms with Gasteiger partial charge in [0.2, 0.25) is 5.95 Å². The van der Waals surface area contributed by atoms with Crippen LogP contribution >= 0.6 is 0 Å². The highest BCUT2D eigenvalue weighted by Crippen LogP contribution is 2.45. The number of alkyl halides is 3. The number of aromatic nitrogens is 4. The van der Waals surface area contributed by atoms with E-state index in [-0.39, 0.29) is 11.9 Å². The fourth-order valence-corrected chi connectivity index (χ4v) is 4.38. The van der Waals surface area contributed by atoms with Gasteiger partial charge in [-0.1, -0.05) is 0 Å². The van der Waals surface area contributed by atoms with Crippen molar-refractivity contribution in [3.05, 3.63) is 59.9 Å². The zero-order chi connectivity index (χ0) is 26.1. The van der Waals surface area contributed by atoms with Crippen LogP contribution < -0.4 is 5.32 Å². The molecule has 0 bridgehead atoms. The van der Waals surface area contributed by atoms with Crippen molar-refractivity contribution in [2.24, 2.45) is 5.41 Å². The minimum atomic E-state index is -4.57. The number of carbonyl (C=O) groups excluding carboxylic acids is 1. The number of aryl methyl sites for hydroxylation is 1. The Morgan fingerprint density at radius 1 is 1.19 bits per heavy atom. The van der Waals surface area contributed by atoms with Crippen LogP contribution in [-0.4, -0.2) is 37.2 Å². The van der Waals surface area contributed by atoms with E-state index in [4.69, 9.17) is 4.74 Å². The second kappa shape index (κ2) is 9.53. The molecule has 0 atom stereocenters. The van der Waals surface area contributed by atoms with Crippen molar-refractivity contribution in [3.8, 4) is 5.69 Å². The summed E-state index contributed by atoms with van der Waals surface area (Å²) in [5, 5.41) is 14.1. The average Bonchev–Trinajstić information content (AvgIpc) is 3.32. The van der Waals surface area contributed by atoms with E-state index in [1.165, 1.54) is 0 Å². The maximum absolute atomic E-state index is 13.0. The summed E-state index contributed by atoms with van der Waals surface area (Å²) in [4.78, 5) is 24.2. The van der Waals surface area contributed by atoms with Gasteiger partial charge < -0.3 is 19.7 Å². The second-order valence-corrected chi connectivity index (χ2v) is 9.42. The third-order valence-electron chi connectivity index (χ3n) is 6.57. The summed E-state index contributed by atoms with van der Waals surface area (Å²) >= 11 is 0. The third-order valence-corrected chi connectivity index (χ3v) is 6.57. The second-order valence-electron chi connectivity index (χ2n) is 9.42. The maximum atomic E-state index is 13.0. The number of hydrogen-bond donors (Lipinski definition) is 2. The predicted molar refractivity (Wildman–Crippen MR) is 126 cm³/mol. The number of nitrogens with one attached hydrogen (secondary N) is 1. The van der Waals surface area contributed by atoms with Crippen LogP contribution in [0.1, 0.15) is 56.5 Å². The first-order valence-electron chi connectivity index (χ1n) is 11.7.